The molecule has 0 bridgehead atoms. The lowest BCUT2D eigenvalue weighted by molar-refractivity contribution is -0.160. The van der Waals surface area contributed by atoms with Crippen LogP contribution in [-0.2, 0) is 16.4 Å². The number of nitrogens with zero attached hydrogens (tertiary/aromatic N) is 1. The second-order valence-corrected chi connectivity index (χ2v) is 10.3. The molecule has 176 valence electrons. The second kappa shape index (κ2) is 8.44. The highest BCUT2D eigenvalue weighted by molar-refractivity contribution is 7.92. The van der Waals surface area contributed by atoms with Crippen molar-refractivity contribution in [2.24, 2.45) is 0 Å². The molecule has 0 fully saturated rings. The number of nitrogens with one attached hydrogen (secondary N) is 1. The van der Waals surface area contributed by atoms with Crippen LogP contribution in [0.15, 0.2) is 40.8 Å². The first-order chi connectivity index (χ1) is 15.4. The summed E-state index contributed by atoms with van der Waals surface area (Å²) in [5.41, 5.74) is 1.93. The van der Waals surface area contributed by atoms with Gasteiger partial charge < -0.3 is 19.9 Å². The number of furan rings is 1. The van der Waals surface area contributed by atoms with Crippen molar-refractivity contribution in [3.63, 3.8) is 0 Å². The van der Waals surface area contributed by atoms with E-state index < -0.39 is 27.7 Å². The number of anilines is 1. The Labute approximate surface area is 190 Å². The Morgan fingerprint density at radius 1 is 1.15 bits per heavy atom. The third kappa shape index (κ3) is 4.87. The van der Waals surface area contributed by atoms with Crippen LogP contribution in [0.1, 0.15) is 42.1 Å². The normalized spacial score (nSPS) is 15.1. The van der Waals surface area contributed by atoms with Crippen molar-refractivity contribution in [3.05, 3.63) is 53.3 Å². The van der Waals surface area contributed by atoms with Gasteiger partial charge in [0.2, 0.25) is 15.9 Å². The molecule has 0 saturated carbocycles. The van der Waals surface area contributed by atoms with E-state index in [-0.39, 0.29) is 16.9 Å². The number of hydrogen-bond acceptors (Lipinski definition) is 6. The summed E-state index contributed by atoms with van der Waals surface area (Å²) in [6.45, 7) is 1.34. The van der Waals surface area contributed by atoms with Crippen molar-refractivity contribution in [2.45, 2.75) is 38.5 Å². The Hall–Kier alpha value is -2.95. The van der Waals surface area contributed by atoms with Crippen LogP contribution in [0.2, 0.25) is 0 Å². The first kappa shape index (κ1) is 23.2. The molecular weight excluding hydrogens is 451 g/mol. The lowest BCUT2D eigenvalue weighted by atomic mass is 9.98. The van der Waals surface area contributed by atoms with E-state index in [2.05, 4.69) is 5.32 Å². The van der Waals surface area contributed by atoms with Gasteiger partial charge in [-0.1, -0.05) is 6.42 Å². The van der Waals surface area contributed by atoms with Crippen molar-refractivity contribution < 1.29 is 32.2 Å². The number of rotatable bonds is 4. The molecule has 3 N–H and O–H groups in total. The summed E-state index contributed by atoms with van der Waals surface area (Å²) >= 11 is 0. The van der Waals surface area contributed by atoms with Crippen LogP contribution in [0.3, 0.4) is 0 Å². The molecule has 1 aliphatic heterocycles. The molecule has 0 spiro atoms. The zero-order chi connectivity index (χ0) is 24.0. The van der Waals surface area contributed by atoms with Crippen molar-refractivity contribution in [3.8, 4) is 11.3 Å². The molecular formula is C23H25FN2O6S. The second-order valence-electron chi connectivity index (χ2n) is 8.41. The van der Waals surface area contributed by atoms with Gasteiger partial charge in [-0.3, -0.25) is 9.10 Å². The van der Waals surface area contributed by atoms with Gasteiger partial charge in [0.05, 0.1) is 17.5 Å². The van der Waals surface area contributed by atoms with Gasteiger partial charge in [0.1, 0.15) is 17.2 Å². The zero-order valence-electron chi connectivity index (χ0n) is 18.3. The zero-order valence-corrected chi connectivity index (χ0v) is 19.1. The third-order valence-corrected chi connectivity index (χ3v) is 6.73. The lowest BCUT2D eigenvalue weighted by Gasteiger charge is -2.27. The summed E-state index contributed by atoms with van der Waals surface area (Å²) in [5, 5.41) is 21.9. The van der Waals surface area contributed by atoms with Crippen LogP contribution in [0.5, 0.6) is 0 Å². The minimum atomic E-state index is -3.54. The number of sulfonamides is 1. The lowest BCUT2D eigenvalue weighted by Crippen LogP contribution is -2.45. The SMILES string of the molecule is CC(O)(O)NC(=O)c1c(-c2ccc(F)cc2)oc2cc3c(cc12)CCCCCN3S(C)(=O)=O. The van der Waals surface area contributed by atoms with E-state index >= 15 is 0 Å². The van der Waals surface area contributed by atoms with E-state index in [1.807, 2.05) is 0 Å². The van der Waals surface area contributed by atoms with E-state index in [1.165, 1.54) is 28.6 Å². The molecule has 0 saturated heterocycles. The van der Waals surface area contributed by atoms with Crippen molar-refractivity contribution in [2.75, 3.05) is 17.1 Å². The maximum absolute atomic E-state index is 13.5. The molecule has 2 heterocycles. The molecule has 1 amide bonds. The average molecular weight is 477 g/mol. The van der Waals surface area contributed by atoms with Gasteiger partial charge >= 0.3 is 0 Å². The molecule has 2 aromatic carbocycles. The number of carbonyl (C=O) groups excluding carboxylic acids is 1. The van der Waals surface area contributed by atoms with Crippen LogP contribution >= 0.6 is 0 Å². The molecule has 8 nitrogen and oxygen atoms in total. The number of aryl methyl sites for hydroxylation is 1. The Morgan fingerprint density at radius 2 is 1.85 bits per heavy atom. The monoisotopic (exact) mass is 476 g/mol. The number of benzene rings is 2. The third-order valence-electron chi connectivity index (χ3n) is 5.55. The molecule has 0 radical (unpaired) electrons. The Kier molecular flexibility index (Phi) is 5.94. The highest BCUT2D eigenvalue weighted by Gasteiger charge is 2.29. The van der Waals surface area contributed by atoms with Crippen LogP contribution in [-0.4, -0.2) is 43.2 Å². The fraction of sp³-hybridized carbons (Fsp3) is 0.348. The van der Waals surface area contributed by atoms with Gasteiger partial charge in [-0.05, 0) is 55.2 Å². The number of carbonyl (C=O) groups is 1. The van der Waals surface area contributed by atoms with Gasteiger partial charge in [-0.25, -0.2) is 12.8 Å². The summed E-state index contributed by atoms with van der Waals surface area (Å²) in [6.07, 6.45) is 4.19. The van der Waals surface area contributed by atoms with Gasteiger partial charge in [0.25, 0.3) is 5.91 Å². The van der Waals surface area contributed by atoms with Gasteiger partial charge in [-0.15, -0.1) is 0 Å². The van der Waals surface area contributed by atoms with Crippen LogP contribution in [0.4, 0.5) is 10.1 Å². The minimum Gasteiger partial charge on any atom is -0.455 e. The average Bonchev–Trinajstić information content (AvgIpc) is 3.04. The summed E-state index contributed by atoms with van der Waals surface area (Å²) < 4.78 is 45.8. The van der Waals surface area contributed by atoms with E-state index in [1.54, 1.807) is 12.1 Å². The first-order valence-corrected chi connectivity index (χ1v) is 12.4. The molecule has 4 rings (SSSR count). The largest absolute Gasteiger partial charge is 0.455 e. The minimum absolute atomic E-state index is 0.0432. The molecule has 0 aliphatic carbocycles. The maximum atomic E-state index is 13.5. The predicted octanol–water partition coefficient (Wildman–Crippen LogP) is 3.12. The van der Waals surface area contributed by atoms with E-state index in [0.29, 0.717) is 29.6 Å². The molecule has 1 aromatic heterocycles. The van der Waals surface area contributed by atoms with Crippen LogP contribution in [0, 0.1) is 5.82 Å². The number of fused-ring (bicyclic) bond motifs is 2. The van der Waals surface area contributed by atoms with Gasteiger partial charge in [0, 0.05) is 30.5 Å². The van der Waals surface area contributed by atoms with E-state index in [0.717, 1.165) is 38.0 Å². The molecule has 1 aliphatic rings. The first-order valence-electron chi connectivity index (χ1n) is 10.5. The van der Waals surface area contributed by atoms with Gasteiger partial charge in [-0.2, -0.15) is 0 Å². The fourth-order valence-electron chi connectivity index (χ4n) is 4.13. The van der Waals surface area contributed by atoms with Crippen molar-refractivity contribution in [1.82, 2.24) is 5.32 Å². The molecule has 33 heavy (non-hydrogen) atoms. The standard InChI is InChI=1S/C23H25FN2O6S/c1-23(28,29)25-22(27)20-17-12-15-6-4-3-5-11-26(33(2,30)31)18(15)13-19(17)32-21(20)14-7-9-16(24)10-8-14/h7-10,12-13,28-29H,3-6,11H2,1-2H3,(H,25,27). The summed E-state index contributed by atoms with van der Waals surface area (Å²) in [6, 6.07) is 8.64. The molecule has 0 atom stereocenters. The Bertz CT molecular complexity index is 1310. The topological polar surface area (TPSA) is 120 Å². The van der Waals surface area contributed by atoms with Crippen molar-refractivity contribution in [1.29, 1.82) is 0 Å². The molecule has 0 unspecified atom stereocenters. The number of halogens is 1. The van der Waals surface area contributed by atoms with E-state index in [9.17, 15) is 27.8 Å². The Morgan fingerprint density at radius 3 is 2.48 bits per heavy atom. The quantitative estimate of drug-likeness (QED) is 0.498. The summed E-state index contributed by atoms with van der Waals surface area (Å²) in [7, 11) is -3.54. The molecule has 10 heteroatoms. The number of aliphatic hydroxyl groups is 2. The fourth-order valence-corrected chi connectivity index (χ4v) is 5.12. The number of amides is 1. The maximum Gasteiger partial charge on any atom is 0.259 e. The molecule has 3 aromatic rings. The van der Waals surface area contributed by atoms with Crippen LogP contribution in [0.25, 0.3) is 22.3 Å². The van der Waals surface area contributed by atoms with Gasteiger partial charge in [0.15, 0.2) is 0 Å². The van der Waals surface area contributed by atoms with Crippen molar-refractivity contribution >= 4 is 32.6 Å². The van der Waals surface area contributed by atoms with Crippen LogP contribution < -0.4 is 9.62 Å². The summed E-state index contributed by atoms with van der Waals surface area (Å²) in [5.74, 6) is -3.63. The summed E-state index contributed by atoms with van der Waals surface area (Å²) in [4.78, 5) is 13.0. The predicted molar refractivity (Wildman–Crippen MR) is 122 cm³/mol. The number of hydrogen-bond donors (Lipinski definition) is 3. The highest BCUT2D eigenvalue weighted by Crippen LogP contribution is 2.39. The Balaban J connectivity index is 1.98. The highest BCUT2D eigenvalue weighted by atomic mass is 32.2. The smallest absolute Gasteiger partial charge is 0.259 e. The van der Waals surface area contributed by atoms with E-state index in [4.69, 9.17) is 4.42 Å².